The van der Waals surface area contributed by atoms with Gasteiger partial charge in [0.05, 0.1) is 0 Å². The molecule has 0 saturated heterocycles. The fourth-order valence-electron chi connectivity index (χ4n) is 4.84. The van der Waals surface area contributed by atoms with E-state index in [1.807, 2.05) is 0 Å². The SMILES string of the molecule is CC1CC2(c3cccc4cc5ccccc5cc34)C=CC1C2. The van der Waals surface area contributed by atoms with Crippen LogP contribution in [0.4, 0.5) is 0 Å². The molecule has 22 heavy (non-hydrogen) atoms. The highest BCUT2D eigenvalue weighted by Gasteiger charge is 2.46. The predicted molar refractivity (Wildman–Crippen MR) is 94.2 cm³/mol. The van der Waals surface area contributed by atoms with Crippen molar-refractivity contribution in [1.82, 2.24) is 0 Å². The van der Waals surface area contributed by atoms with Crippen LogP contribution < -0.4 is 0 Å². The third-order valence-corrected chi connectivity index (χ3v) is 5.96. The number of hydrogen-bond acceptors (Lipinski definition) is 0. The first kappa shape index (κ1) is 12.5. The highest BCUT2D eigenvalue weighted by molar-refractivity contribution is 6.00. The van der Waals surface area contributed by atoms with Crippen LogP contribution in [-0.4, -0.2) is 0 Å². The normalized spacial score (nSPS) is 29.7. The van der Waals surface area contributed by atoms with E-state index in [0.717, 1.165) is 11.8 Å². The molecule has 3 atom stereocenters. The van der Waals surface area contributed by atoms with Crippen LogP contribution in [0.2, 0.25) is 0 Å². The van der Waals surface area contributed by atoms with Crippen molar-refractivity contribution in [2.75, 3.05) is 0 Å². The summed E-state index contributed by atoms with van der Waals surface area (Å²) in [5.74, 6) is 1.61. The lowest BCUT2D eigenvalue weighted by molar-refractivity contribution is 0.479. The van der Waals surface area contributed by atoms with Crippen molar-refractivity contribution in [3.05, 3.63) is 72.3 Å². The van der Waals surface area contributed by atoms with E-state index in [4.69, 9.17) is 0 Å². The Morgan fingerprint density at radius 3 is 2.36 bits per heavy atom. The van der Waals surface area contributed by atoms with Crippen molar-refractivity contribution in [3.63, 3.8) is 0 Å². The quantitative estimate of drug-likeness (QED) is 0.388. The van der Waals surface area contributed by atoms with Crippen molar-refractivity contribution < 1.29 is 0 Å². The second-order valence-corrected chi connectivity index (χ2v) is 7.29. The first-order chi connectivity index (χ1) is 10.8. The molecular formula is C22H20. The Morgan fingerprint density at radius 2 is 1.64 bits per heavy atom. The molecule has 1 fully saturated rings. The molecule has 1 saturated carbocycles. The predicted octanol–water partition coefficient (Wildman–Crippen LogP) is 5.85. The smallest absolute Gasteiger partial charge is 0.0147 e. The summed E-state index contributed by atoms with van der Waals surface area (Å²) in [4.78, 5) is 0. The number of rotatable bonds is 1. The molecule has 0 heteroatoms. The van der Waals surface area contributed by atoms with Gasteiger partial charge in [-0.05, 0) is 63.9 Å². The monoisotopic (exact) mass is 284 g/mol. The summed E-state index contributed by atoms with van der Waals surface area (Å²) < 4.78 is 0. The molecule has 0 aliphatic heterocycles. The van der Waals surface area contributed by atoms with Gasteiger partial charge in [0.25, 0.3) is 0 Å². The lowest BCUT2D eigenvalue weighted by Gasteiger charge is -2.27. The number of hydrogen-bond donors (Lipinski definition) is 0. The summed E-state index contributed by atoms with van der Waals surface area (Å²) in [6, 6.07) is 20.3. The van der Waals surface area contributed by atoms with Crippen LogP contribution in [0.25, 0.3) is 21.5 Å². The van der Waals surface area contributed by atoms with Gasteiger partial charge in [-0.3, -0.25) is 0 Å². The number of allylic oxidation sites excluding steroid dienone is 2. The molecule has 5 rings (SSSR count). The molecule has 0 nitrogen and oxygen atoms in total. The first-order valence-corrected chi connectivity index (χ1v) is 8.37. The largest absolute Gasteiger partial charge is 0.0842 e. The van der Waals surface area contributed by atoms with Gasteiger partial charge in [0.15, 0.2) is 0 Å². The highest BCUT2D eigenvalue weighted by atomic mass is 14.5. The second-order valence-electron chi connectivity index (χ2n) is 7.29. The zero-order chi connectivity index (χ0) is 14.7. The second kappa shape index (κ2) is 4.23. The van der Waals surface area contributed by atoms with Crippen molar-refractivity contribution in [2.45, 2.75) is 25.2 Å². The summed E-state index contributed by atoms with van der Waals surface area (Å²) >= 11 is 0. The molecule has 0 N–H and O–H groups in total. The summed E-state index contributed by atoms with van der Waals surface area (Å²) in [7, 11) is 0. The molecule has 2 bridgehead atoms. The van der Waals surface area contributed by atoms with Crippen LogP contribution >= 0.6 is 0 Å². The van der Waals surface area contributed by atoms with Crippen molar-refractivity contribution in [3.8, 4) is 0 Å². The Labute approximate surface area is 131 Å². The summed E-state index contributed by atoms with van der Waals surface area (Å²) in [5, 5.41) is 5.51. The Balaban J connectivity index is 1.81. The van der Waals surface area contributed by atoms with Gasteiger partial charge in [0, 0.05) is 5.41 Å². The zero-order valence-electron chi connectivity index (χ0n) is 12.9. The Kier molecular flexibility index (Phi) is 2.39. The number of fused-ring (bicyclic) bond motifs is 4. The van der Waals surface area contributed by atoms with E-state index in [-0.39, 0.29) is 5.41 Å². The Bertz CT molecular complexity index is 918. The lowest BCUT2D eigenvalue weighted by atomic mass is 9.76. The van der Waals surface area contributed by atoms with E-state index in [1.54, 1.807) is 5.56 Å². The van der Waals surface area contributed by atoms with Crippen LogP contribution in [0.1, 0.15) is 25.3 Å². The molecular weight excluding hydrogens is 264 g/mol. The average Bonchev–Trinajstić information content (AvgIpc) is 3.11. The standard InChI is InChI=1S/C22H20/c1-15-13-22(10-9-19(15)14-22)21-8-4-7-18-11-16-5-2-3-6-17(16)12-20(18)21/h2-12,15,19H,13-14H2,1H3. The van der Waals surface area contributed by atoms with Crippen LogP contribution in [0.3, 0.4) is 0 Å². The molecule has 3 aromatic carbocycles. The minimum absolute atomic E-state index is 0.284. The summed E-state index contributed by atoms with van der Waals surface area (Å²) in [6.07, 6.45) is 7.58. The van der Waals surface area contributed by atoms with Crippen molar-refractivity contribution >= 4 is 21.5 Å². The van der Waals surface area contributed by atoms with E-state index in [1.165, 1.54) is 34.4 Å². The van der Waals surface area contributed by atoms with E-state index >= 15 is 0 Å². The van der Waals surface area contributed by atoms with Gasteiger partial charge < -0.3 is 0 Å². The average molecular weight is 284 g/mol. The summed E-state index contributed by atoms with van der Waals surface area (Å²) in [5.41, 5.74) is 1.82. The topological polar surface area (TPSA) is 0 Å². The van der Waals surface area contributed by atoms with Gasteiger partial charge in [0.2, 0.25) is 0 Å². The molecule has 3 aromatic rings. The molecule has 0 aromatic heterocycles. The molecule has 0 spiro atoms. The first-order valence-electron chi connectivity index (χ1n) is 8.37. The molecule has 0 radical (unpaired) electrons. The molecule has 3 unspecified atom stereocenters. The van der Waals surface area contributed by atoms with Gasteiger partial charge in [-0.2, -0.15) is 0 Å². The molecule has 2 aliphatic carbocycles. The van der Waals surface area contributed by atoms with Gasteiger partial charge in [-0.25, -0.2) is 0 Å². The van der Waals surface area contributed by atoms with Gasteiger partial charge in [-0.15, -0.1) is 0 Å². The van der Waals surface area contributed by atoms with Crippen LogP contribution in [0, 0.1) is 11.8 Å². The minimum Gasteiger partial charge on any atom is -0.0842 e. The Hall–Kier alpha value is -2.08. The zero-order valence-corrected chi connectivity index (χ0v) is 12.9. The van der Waals surface area contributed by atoms with Crippen LogP contribution in [0.15, 0.2) is 66.7 Å². The minimum atomic E-state index is 0.284. The maximum absolute atomic E-state index is 2.50. The third-order valence-electron chi connectivity index (χ3n) is 5.96. The number of benzene rings is 3. The molecule has 2 aliphatic rings. The fraction of sp³-hybridized carbons (Fsp3) is 0.273. The van der Waals surface area contributed by atoms with Gasteiger partial charge >= 0.3 is 0 Å². The van der Waals surface area contributed by atoms with Crippen molar-refractivity contribution in [1.29, 1.82) is 0 Å². The van der Waals surface area contributed by atoms with Gasteiger partial charge in [-0.1, -0.05) is 61.5 Å². The molecule has 108 valence electrons. The van der Waals surface area contributed by atoms with E-state index in [9.17, 15) is 0 Å². The van der Waals surface area contributed by atoms with E-state index in [0.29, 0.717) is 0 Å². The lowest BCUT2D eigenvalue weighted by Crippen LogP contribution is -2.19. The molecule has 0 heterocycles. The maximum atomic E-state index is 2.50. The van der Waals surface area contributed by atoms with Crippen molar-refractivity contribution in [2.24, 2.45) is 11.8 Å². The highest BCUT2D eigenvalue weighted by Crippen LogP contribution is 2.55. The van der Waals surface area contributed by atoms with Crippen LogP contribution in [-0.2, 0) is 5.41 Å². The summed E-state index contributed by atoms with van der Waals surface area (Å²) in [6.45, 7) is 2.41. The maximum Gasteiger partial charge on any atom is 0.0147 e. The van der Waals surface area contributed by atoms with E-state index < -0.39 is 0 Å². The van der Waals surface area contributed by atoms with Crippen LogP contribution in [0.5, 0.6) is 0 Å². The third kappa shape index (κ3) is 1.58. The van der Waals surface area contributed by atoms with Gasteiger partial charge in [0.1, 0.15) is 0 Å². The Morgan fingerprint density at radius 1 is 0.864 bits per heavy atom. The fourth-order valence-corrected chi connectivity index (χ4v) is 4.84. The molecule has 0 amide bonds. The van der Waals surface area contributed by atoms with E-state index in [2.05, 4.69) is 73.7 Å².